The Bertz CT molecular complexity index is 420. The van der Waals surface area contributed by atoms with E-state index in [0.29, 0.717) is 11.6 Å². The zero-order valence-corrected chi connectivity index (χ0v) is 10.5. The molecule has 0 N–H and O–H groups in total. The molecule has 0 amide bonds. The van der Waals surface area contributed by atoms with Gasteiger partial charge in [0.1, 0.15) is 5.82 Å². The molecule has 0 saturated carbocycles. The van der Waals surface area contributed by atoms with E-state index in [1.54, 1.807) is 6.20 Å². The molecule has 1 aromatic rings. The number of carbonyl (C=O) groups is 1. The molecular weight excluding hydrogens is 216 g/mol. The maximum atomic E-state index is 10.7. The first kappa shape index (κ1) is 12.0. The first-order valence-electron chi connectivity index (χ1n) is 5.92. The normalized spacial score (nSPS) is 24.8. The highest BCUT2D eigenvalue weighted by molar-refractivity contribution is 5.75. The molecule has 17 heavy (non-hydrogen) atoms. The van der Waals surface area contributed by atoms with Crippen LogP contribution in [0.1, 0.15) is 29.8 Å². The number of aldehydes is 1. The molecule has 2 unspecified atom stereocenters. The van der Waals surface area contributed by atoms with E-state index >= 15 is 0 Å². The Balaban J connectivity index is 2.29. The van der Waals surface area contributed by atoms with E-state index in [9.17, 15) is 4.79 Å². The maximum absolute atomic E-state index is 10.7. The van der Waals surface area contributed by atoms with Gasteiger partial charge in [0.2, 0.25) is 0 Å². The average Bonchev–Trinajstić information content (AvgIpc) is 2.32. The van der Waals surface area contributed by atoms with Crippen LogP contribution < -0.4 is 4.90 Å². The van der Waals surface area contributed by atoms with Gasteiger partial charge in [0, 0.05) is 18.3 Å². The standard InChI is InChI=1S/C13H18N2O2/c1-9-4-12(7-16)5-14-13(9)15-6-11(3)17-8-10(15)2/h4-5,7,10-11H,6,8H2,1-3H3. The van der Waals surface area contributed by atoms with Gasteiger partial charge in [-0.15, -0.1) is 0 Å². The van der Waals surface area contributed by atoms with E-state index < -0.39 is 0 Å². The molecule has 0 spiro atoms. The minimum Gasteiger partial charge on any atom is -0.375 e. The van der Waals surface area contributed by atoms with E-state index in [2.05, 4.69) is 23.7 Å². The van der Waals surface area contributed by atoms with Gasteiger partial charge in [-0.05, 0) is 32.4 Å². The summed E-state index contributed by atoms with van der Waals surface area (Å²) in [6, 6.07) is 2.20. The van der Waals surface area contributed by atoms with Gasteiger partial charge < -0.3 is 9.64 Å². The second-order valence-electron chi connectivity index (χ2n) is 4.67. The molecule has 4 nitrogen and oxygen atoms in total. The quantitative estimate of drug-likeness (QED) is 0.732. The lowest BCUT2D eigenvalue weighted by atomic mass is 10.1. The number of carbonyl (C=O) groups excluding carboxylic acids is 1. The van der Waals surface area contributed by atoms with E-state index in [4.69, 9.17) is 4.74 Å². The SMILES string of the molecule is Cc1cc(C=O)cnc1N1CC(C)OCC1C. The van der Waals surface area contributed by atoms with Gasteiger partial charge in [-0.3, -0.25) is 4.79 Å². The van der Waals surface area contributed by atoms with Gasteiger partial charge >= 0.3 is 0 Å². The summed E-state index contributed by atoms with van der Waals surface area (Å²) >= 11 is 0. The predicted molar refractivity (Wildman–Crippen MR) is 66.6 cm³/mol. The lowest BCUT2D eigenvalue weighted by Gasteiger charge is -2.38. The largest absolute Gasteiger partial charge is 0.375 e. The van der Waals surface area contributed by atoms with Crippen LogP contribution in [0.2, 0.25) is 0 Å². The third kappa shape index (κ3) is 2.47. The van der Waals surface area contributed by atoms with Crippen LogP contribution in [0.15, 0.2) is 12.3 Å². The zero-order chi connectivity index (χ0) is 12.4. The smallest absolute Gasteiger partial charge is 0.151 e. The van der Waals surface area contributed by atoms with Crippen molar-refractivity contribution in [2.75, 3.05) is 18.1 Å². The van der Waals surface area contributed by atoms with E-state index in [1.807, 2.05) is 13.0 Å². The van der Waals surface area contributed by atoms with Gasteiger partial charge in [-0.25, -0.2) is 4.98 Å². The van der Waals surface area contributed by atoms with Gasteiger partial charge in [0.05, 0.1) is 18.8 Å². The second kappa shape index (κ2) is 4.84. The third-order valence-corrected chi connectivity index (χ3v) is 3.09. The van der Waals surface area contributed by atoms with Crippen LogP contribution in [0, 0.1) is 6.92 Å². The first-order chi connectivity index (χ1) is 8.11. The average molecular weight is 234 g/mol. The maximum Gasteiger partial charge on any atom is 0.151 e. The molecular formula is C13H18N2O2. The number of hydrogen-bond acceptors (Lipinski definition) is 4. The highest BCUT2D eigenvalue weighted by Crippen LogP contribution is 2.23. The summed E-state index contributed by atoms with van der Waals surface area (Å²) in [4.78, 5) is 17.3. The Morgan fingerprint density at radius 2 is 2.29 bits per heavy atom. The number of aryl methyl sites for hydroxylation is 1. The van der Waals surface area contributed by atoms with Crippen LogP contribution >= 0.6 is 0 Å². The van der Waals surface area contributed by atoms with Crippen LogP contribution in [-0.4, -0.2) is 36.6 Å². The van der Waals surface area contributed by atoms with Crippen molar-refractivity contribution in [2.24, 2.45) is 0 Å². The molecule has 0 aromatic carbocycles. The molecule has 1 aromatic heterocycles. The number of nitrogens with zero attached hydrogens (tertiary/aromatic N) is 2. The van der Waals surface area contributed by atoms with Crippen LogP contribution in [0.4, 0.5) is 5.82 Å². The van der Waals surface area contributed by atoms with Crippen LogP contribution in [0.3, 0.4) is 0 Å². The van der Waals surface area contributed by atoms with E-state index in [0.717, 1.165) is 30.8 Å². The summed E-state index contributed by atoms with van der Waals surface area (Å²) < 4.78 is 5.60. The monoisotopic (exact) mass is 234 g/mol. The van der Waals surface area contributed by atoms with Gasteiger partial charge in [-0.2, -0.15) is 0 Å². The van der Waals surface area contributed by atoms with Crippen LogP contribution in [-0.2, 0) is 4.74 Å². The molecule has 92 valence electrons. The zero-order valence-electron chi connectivity index (χ0n) is 10.5. The number of morpholine rings is 1. The van der Waals surface area contributed by atoms with E-state index in [1.165, 1.54) is 0 Å². The Morgan fingerprint density at radius 1 is 1.53 bits per heavy atom. The van der Waals surface area contributed by atoms with Crippen molar-refractivity contribution in [3.8, 4) is 0 Å². The fourth-order valence-corrected chi connectivity index (χ4v) is 2.15. The van der Waals surface area contributed by atoms with E-state index in [-0.39, 0.29) is 6.10 Å². The van der Waals surface area contributed by atoms with Gasteiger partial charge in [-0.1, -0.05) is 0 Å². The molecule has 1 aliphatic rings. The number of hydrogen-bond donors (Lipinski definition) is 0. The molecule has 4 heteroatoms. The highest BCUT2D eigenvalue weighted by Gasteiger charge is 2.25. The van der Waals surface area contributed by atoms with Crippen molar-refractivity contribution in [2.45, 2.75) is 32.9 Å². The lowest BCUT2D eigenvalue weighted by molar-refractivity contribution is 0.0340. The van der Waals surface area contributed by atoms with Crippen LogP contribution in [0.25, 0.3) is 0 Å². The van der Waals surface area contributed by atoms with Gasteiger partial charge in [0.25, 0.3) is 0 Å². The summed E-state index contributed by atoms with van der Waals surface area (Å²) in [5.74, 6) is 0.957. The summed E-state index contributed by atoms with van der Waals surface area (Å²) in [5, 5.41) is 0. The minimum absolute atomic E-state index is 0.221. The number of ether oxygens (including phenoxy) is 1. The molecule has 2 rings (SSSR count). The summed E-state index contributed by atoms with van der Waals surface area (Å²) in [6.45, 7) is 7.74. The molecule has 2 atom stereocenters. The molecule has 0 aliphatic carbocycles. The molecule has 1 fully saturated rings. The van der Waals surface area contributed by atoms with Crippen molar-refractivity contribution < 1.29 is 9.53 Å². The molecule has 1 saturated heterocycles. The van der Waals surface area contributed by atoms with Crippen molar-refractivity contribution in [3.63, 3.8) is 0 Å². The molecule has 0 radical (unpaired) electrons. The Morgan fingerprint density at radius 3 is 2.94 bits per heavy atom. The summed E-state index contributed by atoms with van der Waals surface area (Å²) in [7, 11) is 0. The van der Waals surface area contributed by atoms with Crippen molar-refractivity contribution >= 4 is 12.1 Å². The Hall–Kier alpha value is -1.42. The number of rotatable bonds is 2. The fraction of sp³-hybridized carbons (Fsp3) is 0.538. The fourth-order valence-electron chi connectivity index (χ4n) is 2.15. The Kier molecular flexibility index (Phi) is 3.43. The number of anilines is 1. The van der Waals surface area contributed by atoms with Crippen LogP contribution in [0.5, 0.6) is 0 Å². The Labute approximate surface area is 102 Å². The van der Waals surface area contributed by atoms with Crippen molar-refractivity contribution in [1.29, 1.82) is 0 Å². The minimum atomic E-state index is 0.221. The third-order valence-electron chi connectivity index (χ3n) is 3.09. The highest BCUT2D eigenvalue weighted by atomic mass is 16.5. The number of pyridine rings is 1. The molecule has 1 aliphatic heterocycles. The summed E-state index contributed by atoms with van der Waals surface area (Å²) in [6.07, 6.45) is 2.68. The predicted octanol–water partition coefficient (Wildman–Crippen LogP) is 1.82. The lowest BCUT2D eigenvalue weighted by Crippen LogP contribution is -2.48. The van der Waals surface area contributed by atoms with Crippen molar-refractivity contribution in [1.82, 2.24) is 4.98 Å². The van der Waals surface area contributed by atoms with Gasteiger partial charge in [0.15, 0.2) is 6.29 Å². The molecule has 2 heterocycles. The first-order valence-corrected chi connectivity index (χ1v) is 5.92. The van der Waals surface area contributed by atoms with Crippen molar-refractivity contribution in [3.05, 3.63) is 23.4 Å². The number of aromatic nitrogens is 1. The second-order valence-corrected chi connectivity index (χ2v) is 4.67. The molecule has 0 bridgehead atoms. The summed E-state index contributed by atoms with van der Waals surface area (Å²) in [5.41, 5.74) is 1.66. The topological polar surface area (TPSA) is 42.4 Å².